The Morgan fingerprint density at radius 3 is 2.77 bits per heavy atom. The number of carboxylic acid groups (broad SMARTS) is 1. The molecule has 0 atom stereocenters. The molecule has 4 rings (SSSR count). The zero-order valence-electron chi connectivity index (χ0n) is 16.7. The molecule has 1 N–H and O–H groups in total. The Morgan fingerprint density at radius 1 is 1.10 bits per heavy atom. The van der Waals surface area contributed by atoms with E-state index in [1.165, 1.54) is 12.1 Å². The molecule has 0 unspecified atom stereocenters. The topological polar surface area (TPSA) is 86.5 Å². The van der Waals surface area contributed by atoms with Crippen molar-refractivity contribution >= 4 is 17.0 Å². The van der Waals surface area contributed by atoms with Crippen LogP contribution in [0.2, 0.25) is 0 Å². The first kappa shape index (κ1) is 19.4. The number of benzene rings is 2. The van der Waals surface area contributed by atoms with Crippen LogP contribution in [0.4, 0.5) is 0 Å². The van der Waals surface area contributed by atoms with Crippen LogP contribution in [0, 0.1) is 0 Å². The number of aromatic nitrogens is 3. The SMILES string of the molecule is CCc1cccnc1Oc1ccc2nc(COc3cccc(C(=O)O)c3)n(C)c2c1. The van der Waals surface area contributed by atoms with E-state index in [2.05, 4.69) is 16.9 Å². The highest BCUT2D eigenvalue weighted by Gasteiger charge is 2.12. The van der Waals surface area contributed by atoms with Crippen molar-refractivity contribution in [2.24, 2.45) is 7.05 Å². The van der Waals surface area contributed by atoms with Crippen molar-refractivity contribution in [1.29, 1.82) is 0 Å². The number of rotatable bonds is 7. The number of aromatic carboxylic acids is 1. The molecule has 0 spiro atoms. The van der Waals surface area contributed by atoms with Crippen molar-refractivity contribution in [2.75, 3.05) is 0 Å². The smallest absolute Gasteiger partial charge is 0.335 e. The summed E-state index contributed by atoms with van der Waals surface area (Å²) in [7, 11) is 1.91. The Balaban J connectivity index is 1.55. The summed E-state index contributed by atoms with van der Waals surface area (Å²) >= 11 is 0. The third-order valence-electron chi connectivity index (χ3n) is 4.84. The molecular weight excluding hydrogens is 382 g/mol. The second-order valence-electron chi connectivity index (χ2n) is 6.78. The van der Waals surface area contributed by atoms with Gasteiger partial charge in [-0.25, -0.2) is 14.8 Å². The summed E-state index contributed by atoms with van der Waals surface area (Å²) in [5, 5.41) is 9.11. The van der Waals surface area contributed by atoms with E-state index in [4.69, 9.17) is 14.6 Å². The minimum atomic E-state index is -0.991. The zero-order chi connectivity index (χ0) is 21.1. The van der Waals surface area contributed by atoms with Gasteiger partial charge in [0.25, 0.3) is 0 Å². The molecule has 0 saturated carbocycles. The Bertz CT molecular complexity index is 1220. The van der Waals surface area contributed by atoms with Crippen LogP contribution < -0.4 is 9.47 Å². The van der Waals surface area contributed by atoms with Gasteiger partial charge in [0.15, 0.2) is 0 Å². The van der Waals surface area contributed by atoms with Gasteiger partial charge in [-0.2, -0.15) is 0 Å². The number of pyridine rings is 1. The van der Waals surface area contributed by atoms with Crippen molar-refractivity contribution < 1.29 is 19.4 Å². The highest BCUT2D eigenvalue weighted by molar-refractivity contribution is 5.88. The second kappa shape index (κ2) is 8.24. The third-order valence-corrected chi connectivity index (χ3v) is 4.84. The molecule has 30 heavy (non-hydrogen) atoms. The number of aryl methyl sites for hydroxylation is 2. The molecule has 2 heterocycles. The number of fused-ring (bicyclic) bond motifs is 1. The Hall–Kier alpha value is -3.87. The molecule has 7 nitrogen and oxygen atoms in total. The summed E-state index contributed by atoms with van der Waals surface area (Å²) in [5.74, 6) is 1.49. The molecule has 2 aromatic carbocycles. The Morgan fingerprint density at radius 2 is 1.97 bits per heavy atom. The maximum absolute atomic E-state index is 11.1. The van der Waals surface area contributed by atoms with Crippen molar-refractivity contribution in [3.8, 4) is 17.4 Å². The van der Waals surface area contributed by atoms with Crippen LogP contribution in [-0.4, -0.2) is 25.6 Å². The molecule has 0 aliphatic heterocycles. The lowest BCUT2D eigenvalue weighted by atomic mass is 10.2. The molecule has 4 aromatic rings. The predicted molar refractivity (Wildman–Crippen MR) is 112 cm³/mol. The van der Waals surface area contributed by atoms with E-state index >= 15 is 0 Å². The van der Waals surface area contributed by atoms with Crippen molar-refractivity contribution in [2.45, 2.75) is 20.0 Å². The number of hydrogen-bond donors (Lipinski definition) is 1. The molecule has 0 radical (unpaired) electrons. The first-order valence-corrected chi connectivity index (χ1v) is 9.58. The molecular formula is C23H21N3O4. The average Bonchev–Trinajstić information content (AvgIpc) is 3.08. The molecule has 2 aromatic heterocycles. The van der Waals surface area contributed by atoms with Gasteiger partial charge in [-0.3, -0.25) is 0 Å². The maximum atomic E-state index is 11.1. The number of carbonyl (C=O) groups is 1. The van der Waals surface area contributed by atoms with Crippen molar-refractivity contribution in [3.05, 3.63) is 77.7 Å². The standard InChI is InChI=1S/C23H21N3O4/c1-3-15-7-5-11-24-22(15)30-18-9-10-19-20(13-18)26(2)21(25-19)14-29-17-8-4-6-16(12-17)23(27)28/h4-13H,3,14H2,1-2H3,(H,27,28). The summed E-state index contributed by atoms with van der Waals surface area (Å²) in [5.41, 5.74) is 2.94. The van der Waals surface area contributed by atoms with Gasteiger partial charge < -0.3 is 19.1 Å². The monoisotopic (exact) mass is 403 g/mol. The molecule has 7 heteroatoms. The minimum Gasteiger partial charge on any atom is -0.486 e. The van der Waals surface area contributed by atoms with E-state index in [1.54, 1.807) is 18.3 Å². The summed E-state index contributed by atoms with van der Waals surface area (Å²) in [6.07, 6.45) is 2.55. The van der Waals surface area contributed by atoms with Crippen molar-refractivity contribution in [1.82, 2.24) is 14.5 Å². The summed E-state index contributed by atoms with van der Waals surface area (Å²) in [6.45, 7) is 2.28. The second-order valence-corrected chi connectivity index (χ2v) is 6.78. The molecule has 152 valence electrons. The first-order valence-electron chi connectivity index (χ1n) is 9.58. The van der Waals surface area contributed by atoms with E-state index in [-0.39, 0.29) is 12.2 Å². The van der Waals surface area contributed by atoms with E-state index in [9.17, 15) is 4.79 Å². The highest BCUT2D eigenvalue weighted by atomic mass is 16.5. The molecule has 0 amide bonds. The molecule has 0 aliphatic rings. The number of carboxylic acids is 1. The van der Waals surface area contributed by atoms with E-state index in [0.29, 0.717) is 17.4 Å². The predicted octanol–water partition coefficient (Wildman–Crippen LogP) is 4.60. The summed E-state index contributed by atoms with van der Waals surface area (Å²) in [6, 6.07) is 16.0. The zero-order valence-corrected chi connectivity index (χ0v) is 16.7. The minimum absolute atomic E-state index is 0.181. The van der Waals surface area contributed by atoms with Crippen LogP contribution in [0.3, 0.4) is 0 Å². The first-order chi connectivity index (χ1) is 14.5. The fourth-order valence-electron chi connectivity index (χ4n) is 3.18. The van der Waals surface area contributed by atoms with Gasteiger partial charge in [0.1, 0.15) is 23.9 Å². The van der Waals surface area contributed by atoms with Gasteiger partial charge in [0.05, 0.1) is 16.6 Å². The van der Waals surface area contributed by atoms with Gasteiger partial charge in [0, 0.05) is 24.9 Å². The molecule has 0 aliphatic carbocycles. The van der Waals surface area contributed by atoms with E-state index in [0.717, 1.165) is 28.8 Å². The largest absolute Gasteiger partial charge is 0.486 e. The molecule has 0 bridgehead atoms. The number of ether oxygens (including phenoxy) is 2. The number of nitrogens with zero attached hydrogens (tertiary/aromatic N) is 3. The molecule has 0 fully saturated rings. The third kappa shape index (κ3) is 3.96. The van der Waals surface area contributed by atoms with Gasteiger partial charge in [-0.1, -0.05) is 19.1 Å². The lowest BCUT2D eigenvalue weighted by Gasteiger charge is -2.09. The van der Waals surface area contributed by atoms with Gasteiger partial charge in [-0.05, 0) is 42.8 Å². The maximum Gasteiger partial charge on any atom is 0.335 e. The van der Waals surface area contributed by atoms with Crippen LogP contribution in [0.15, 0.2) is 60.8 Å². The van der Waals surface area contributed by atoms with Gasteiger partial charge >= 0.3 is 5.97 Å². The van der Waals surface area contributed by atoms with E-state index in [1.807, 2.05) is 41.9 Å². The van der Waals surface area contributed by atoms with E-state index < -0.39 is 5.97 Å². The Labute approximate surface area is 173 Å². The van der Waals surface area contributed by atoms with Crippen LogP contribution in [0.5, 0.6) is 17.4 Å². The van der Waals surface area contributed by atoms with Gasteiger partial charge in [-0.15, -0.1) is 0 Å². The van der Waals surface area contributed by atoms with Gasteiger partial charge in [0.2, 0.25) is 5.88 Å². The Kier molecular flexibility index (Phi) is 5.34. The quantitative estimate of drug-likeness (QED) is 0.485. The fraction of sp³-hybridized carbons (Fsp3) is 0.174. The average molecular weight is 403 g/mol. The fourth-order valence-corrected chi connectivity index (χ4v) is 3.18. The molecule has 0 saturated heterocycles. The normalized spacial score (nSPS) is 10.9. The number of imidazole rings is 1. The number of hydrogen-bond acceptors (Lipinski definition) is 5. The summed E-state index contributed by atoms with van der Waals surface area (Å²) in [4.78, 5) is 20.1. The van der Waals surface area contributed by atoms with Crippen molar-refractivity contribution in [3.63, 3.8) is 0 Å². The summed E-state index contributed by atoms with van der Waals surface area (Å²) < 4.78 is 13.7. The highest BCUT2D eigenvalue weighted by Crippen LogP contribution is 2.27. The van der Waals surface area contributed by atoms with Crippen LogP contribution in [-0.2, 0) is 20.1 Å². The lowest BCUT2D eigenvalue weighted by molar-refractivity contribution is 0.0696. The van der Waals surface area contributed by atoms with Crippen LogP contribution in [0.25, 0.3) is 11.0 Å². The lowest BCUT2D eigenvalue weighted by Crippen LogP contribution is -2.04. The van der Waals surface area contributed by atoms with Crippen LogP contribution in [0.1, 0.15) is 28.7 Å². The van der Waals surface area contributed by atoms with Crippen LogP contribution >= 0.6 is 0 Å².